The van der Waals surface area contributed by atoms with Crippen LogP contribution < -0.4 is 4.72 Å². The molecular formula is C10H16N2O6S3. The average molecular weight is 356 g/mol. The molecule has 1 aliphatic rings. The van der Waals surface area contributed by atoms with E-state index >= 15 is 0 Å². The predicted octanol–water partition coefficient (Wildman–Crippen LogP) is 0.371. The topological polar surface area (TPSA) is 116 Å². The van der Waals surface area contributed by atoms with Crippen LogP contribution in [-0.2, 0) is 26.0 Å². The Bertz CT molecular complexity index is 629. The molecule has 0 saturated carbocycles. The van der Waals surface area contributed by atoms with Gasteiger partial charge in [-0.3, -0.25) is 9.27 Å². The van der Waals surface area contributed by atoms with Crippen LogP contribution in [0.15, 0.2) is 10.3 Å². The summed E-state index contributed by atoms with van der Waals surface area (Å²) in [5.41, 5.74) is 0.260. The number of thiophene rings is 1. The number of sulfonamides is 1. The second-order valence-corrected chi connectivity index (χ2v) is 8.32. The van der Waals surface area contributed by atoms with Crippen LogP contribution in [0.2, 0.25) is 0 Å². The fourth-order valence-electron chi connectivity index (χ4n) is 2.06. The summed E-state index contributed by atoms with van der Waals surface area (Å²) in [6.45, 7) is 0.645. The Morgan fingerprint density at radius 1 is 1.62 bits per heavy atom. The van der Waals surface area contributed by atoms with Crippen molar-refractivity contribution in [1.82, 2.24) is 4.31 Å². The Labute approximate surface area is 129 Å². The van der Waals surface area contributed by atoms with Gasteiger partial charge in [-0.1, -0.05) is 0 Å². The fourth-order valence-corrected chi connectivity index (χ4v) is 5.81. The number of ether oxygens (including phenoxy) is 1. The summed E-state index contributed by atoms with van der Waals surface area (Å²) < 4.78 is 52.8. The first kappa shape index (κ1) is 16.8. The first-order chi connectivity index (χ1) is 9.86. The molecule has 0 radical (unpaired) electrons. The molecule has 0 saturated heterocycles. The third kappa shape index (κ3) is 3.62. The van der Waals surface area contributed by atoms with Gasteiger partial charge in [-0.2, -0.15) is 4.31 Å². The average Bonchev–Trinajstić information content (AvgIpc) is 2.80. The van der Waals surface area contributed by atoms with Gasteiger partial charge in [-0.25, -0.2) is 12.6 Å². The molecule has 0 bridgehead atoms. The fraction of sp³-hybridized carbons (Fsp3) is 0.600. The maximum absolute atomic E-state index is 12.5. The summed E-state index contributed by atoms with van der Waals surface area (Å²) in [6.07, 6.45) is -0.431. The highest BCUT2D eigenvalue weighted by atomic mass is 32.2. The van der Waals surface area contributed by atoms with Crippen LogP contribution in [-0.4, -0.2) is 53.4 Å². The molecule has 0 spiro atoms. The summed E-state index contributed by atoms with van der Waals surface area (Å²) in [6, 6.07) is 1.39. The molecular weight excluding hydrogens is 340 g/mol. The molecule has 2 heterocycles. The first-order valence-electron chi connectivity index (χ1n) is 6.04. The predicted molar refractivity (Wildman–Crippen MR) is 78.9 cm³/mol. The Balaban J connectivity index is 2.28. The molecule has 120 valence electrons. The largest absolute Gasteiger partial charge is 0.387 e. The second-order valence-electron chi connectivity index (χ2n) is 4.43. The number of hydrogen-bond acceptors (Lipinski definition) is 6. The van der Waals surface area contributed by atoms with E-state index in [-0.39, 0.29) is 27.9 Å². The number of anilines is 1. The number of nitrogens with one attached hydrogen (secondary N) is 1. The van der Waals surface area contributed by atoms with Gasteiger partial charge in [-0.15, -0.1) is 11.3 Å². The summed E-state index contributed by atoms with van der Waals surface area (Å²) in [7, 11) is -2.16. The van der Waals surface area contributed by atoms with Crippen molar-refractivity contribution in [1.29, 1.82) is 0 Å². The zero-order chi connectivity index (χ0) is 15.6. The molecule has 0 fully saturated rings. The smallest absolute Gasteiger partial charge is 0.259 e. The van der Waals surface area contributed by atoms with E-state index < -0.39 is 27.4 Å². The maximum Gasteiger partial charge on any atom is 0.259 e. The minimum absolute atomic E-state index is 0.00613. The third-order valence-electron chi connectivity index (χ3n) is 2.98. The van der Waals surface area contributed by atoms with E-state index in [0.717, 1.165) is 11.3 Å². The molecule has 1 aromatic heterocycles. The van der Waals surface area contributed by atoms with Crippen molar-refractivity contribution >= 4 is 37.6 Å². The van der Waals surface area contributed by atoms with E-state index in [1.165, 1.54) is 17.5 Å². The lowest BCUT2D eigenvalue weighted by Gasteiger charge is -2.29. The zero-order valence-electron chi connectivity index (χ0n) is 11.2. The molecule has 0 aromatic carbocycles. The van der Waals surface area contributed by atoms with Gasteiger partial charge in [0.25, 0.3) is 21.3 Å². The van der Waals surface area contributed by atoms with Crippen molar-refractivity contribution in [2.45, 2.75) is 16.7 Å². The van der Waals surface area contributed by atoms with E-state index in [9.17, 15) is 17.7 Å². The molecule has 1 aliphatic heterocycles. The van der Waals surface area contributed by atoms with Crippen LogP contribution in [0.25, 0.3) is 0 Å². The molecule has 1 unspecified atom stereocenters. The quantitative estimate of drug-likeness (QED) is 0.501. The number of nitrogens with zero attached hydrogens (tertiary/aromatic N) is 1. The molecule has 0 amide bonds. The van der Waals surface area contributed by atoms with Crippen LogP contribution in [0.3, 0.4) is 0 Å². The molecule has 11 heteroatoms. The van der Waals surface area contributed by atoms with Crippen molar-refractivity contribution in [2.75, 3.05) is 31.5 Å². The van der Waals surface area contributed by atoms with Gasteiger partial charge in [-0.05, 0) is 12.5 Å². The number of fused-ring (bicyclic) bond motifs is 1. The minimum atomic E-state index is -3.70. The van der Waals surface area contributed by atoms with E-state index in [1.807, 2.05) is 0 Å². The number of rotatable bonds is 6. The van der Waals surface area contributed by atoms with Gasteiger partial charge in [0.05, 0.1) is 6.10 Å². The summed E-state index contributed by atoms with van der Waals surface area (Å²) in [5, 5.41) is 10.3. The van der Waals surface area contributed by atoms with Crippen molar-refractivity contribution < 1.29 is 27.0 Å². The highest BCUT2D eigenvalue weighted by Gasteiger charge is 2.38. The molecule has 1 aromatic rings. The SMILES string of the molecule is COCCCN1C[C@@H](O)c2cc(NS(=O)O)sc2S1(=O)=O. The van der Waals surface area contributed by atoms with E-state index in [1.54, 1.807) is 0 Å². The van der Waals surface area contributed by atoms with Gasteiger partial charge in [0.15, 0.2) is 0 Å². The van der Waals surface area contributed by atoms with Gasteiger partial charge in [0, 0.05) is 32.4 Å². The van der Waals surface area contributed by atoms with Crippen molar-refractivity contribution in [3.05, 3.63) is 11.6 Å². The van der Waals surface area contributed by atoms with E-state index in [4.69, 9.17) is 9.29 Å². The Kier molecular flexibility index (Phi) is 5.35. The normalized spacial score (nSPS) is 22.7. The van der Waals surface area contributed by atoms with Crippen LogP contribution >= 0.6 is 11.3 Å². The van der Waals surface area contributed by atoms with Crippen LogP contribution in [0.4, 0.5) is 5.00 Å². The summed E-state index contributed by atoms with van der Waals surface area (Å²) in [5.74, 6) is 0. The molecule has 2 rings (SSSR count). The van der Waals surface area contributed by atoms with Crippen molar-refractivity contribution in [3.8, 4) is 0 Å². The molecule has 0 aliphatic carbocycles. The lowest BCUT2D eigenvalue weighted by molar-refractivity contribution is 0.131. The second kappa shape index (κ2) is 6.69. The third-order valence-corrected chi connectivity index (χ3v) is 6.96. The highest BCUT2D eigenvalue weighted by molar-refractivity contribution is 7.91. The monoisotopic (exact) mass is 356 g/mol. The van der Waals surface area contributed by atoms with Gasteiger partial charge < -0.3 is 9.84 Å². The molecule has 2 atom stereocenters. The molecule has 8 nitrogen and oxygen atoms in total. The van der Waals surface area contributed by atoms with E-state index in [2.05, 4.69) is 4.72 Å². The Morgan fingerprint density at radius 3 is 2.95 bits per heavy atom. The minimum Gasteiger partial charge on any atom is -0.387 e. The Morgan fingerprint density at radius 2 is 2.33 bits per heavy atom. The highest BCUT2D eigenvalue weighted by Crippen LogP contribution is 2.40. The number of aliphatic hydroxyl groups is 1. The lowest BCUT2D eigenvalue weighted by atomic mass is 10.2. The van der Waals surface area contributed by atoms with Crippen molar-refractivity contribution in [2.24, 2.45) is 0 Å². The molecule has 21 heavy (non-hydrogen) atoms. The number of hydrogen-bond donors (Lipinski definition) is 3. The van der Waals surface area contributed by atoms with Crippen LogP contribution in [0.5, 0.6) is 0 Å². The van der Waals surface area contributed by atoms with Crippen molar-refractivity contribution in [3.63, 3.8) is 0 Å². The molecule has 3 N–H and O–H groups in total. The van der Waals surface area contributed by atoms with Crippen LogP contribution in [0.1, 0.15) is 18.1 Å². The van der Waals surface area contributed by atoms with Gasteiger partial charge in [0.2, 0.25) is 0 Å². The lowest BCUT2D eigenvalue weighted by Crippen LogP contribution is -2.39. The Hall–Kier alpha value is -0.560. The summed E-state index contributed by atoms with van der Waals surface area (Å²) >= 11 is -1.46. The number of aliphatic hydroxyl groups excluding tert-OH is 1. The van der Waals surface area contributed by atoms with Gasteiger partial charge in [0.1, 0.15) is 9.21 Å². The van der Waals surface area contributed by atoms with Crippen LogP contribution in [0, 0.1) is 0 Å². The summed E-state index contributed by atoms with van der Waals surface area (Å²) in [4.78, 5) is 0. The van der Waals surface area contributed by atoms with Gasteiger partial charge >= 0.3 is 0 Å². The number of β-amino-alcohol motifs (C(OH)–C–C–N with tert-alkyl or cyclic N) is 1. The maximum atomic E-state index is 12.5. The number of methoxy groups -OCH3 is 1. The zero-order valence-corrected chi connectivity index (χ0v) is 13.6. The van der Waals surface area contributed by atoms with E-state index in [0.29, 0.717) is 13.0 Å². The standard InChI is InChI=1S/C10H16N2O6S3/c1-18-4-2-3-12-6-8(13)7-5-9(11-20(14)15)19-10(7)21(12,16)17/h5,8,11,13H,2-4,6H2,1H3,(H,14,15)/t8-/m1/s1. The first-order valence-corrected chi connectivity index (χ1v) is 9.41.